The van der Waals surface area contributed by atoms with Crippen molar-refractivity contribution in [3.8, 4) is 33.9 Å². The number of carbonyl (C=O) groups excluding carboxylic acids is 2. The Labute approximate surface area is 328 Å². The van der Waals surface area contributed by atoms with Gasteiger partial charge in [-0.1, -0.05) is 0 Å². The number of aliphatic carboxylic acids is 2. The summed E-state index contributed by atoms with van der Waals surface area (Å²) < 4.78 is 17.5. The van der Waals surface area contributed by atoms with Crippen molar-refractivity contribution in [3.63, 3.8) is 0 Å². The van der Waals surface area contributed by atoms with E-state index < -0.39 is 49.4 Å². The molecular weight excluding hydrogens is 844 g/mol. The van der Waals surface area contributed by atoms with Crippen LogP contribution in [0.4, 0.5) is 11.4 Å². The minimum atomic E-state index is -1.38. The van der Waals surface area contributed by atoms with Crippen molar-refractivity contribution in [3.05, 3.63) is 82.0 Å². The zero-order chi connectivity index (χ0) is 39.6. The first-order chi connectivity index (χ1) is 26.2. The second kappa shape index (κ2) is 16.3. The van der Waals surface area contributed by atoms with Crippen molar-refractivity contribution in [2.24, 2.45) is 0 Å². The van der Waals surface area contributed by atoms with Crippen LogP contribution >= 0.6 is 0 Å². The molecule has 0 atom stereocenters. The van der Waals surface area contributed by atoms with Gasteiger partial charge in [0, 0.05) is 13.1 Å². The Hall–Kier alpha value is -5.82. The molecule has 280 valence electrons. The van der Waals surface area contributed by atoms with Gasteiger partial charge in [0.15, 0.2) is 6.61 Å². The molecule has 0 saturated carbocycles. The van der Waals surface area contributed by atoms with Crippen LogP contribution in [-0.2, 0) is 19.1 Å². The monoisotopic (exact) mass is 872 g/mol. The Kier molecular flexibility index (Phi) is 11.5. The Morgan fingerprint density at radius 2 is 1.56 bits per heavy atom. The van der Waals surface area contributed by atoms with E-state index in [0.717, 1.165) is 4.90 Å². The van der Waals surface area contributed by atoms with Crippen molar-refractivity contribution >= 4 is 94.5 Å². The molecule has 3 aromatic rings. The smallest absolute Gasteiger partial charge is 0.482 e. The number of nitrogens with zero attached hydrogens (tertiary/aromatic N) is 2. The number of morpholine rings is 1. The van der Waals surface area contributed by atoms with Crippen LogP contribution in [0.5, 0.6) is 11.5 Å². The van der Waals surface area contributed by atoms with Gasteiger partial charge in [-0.25, -0.2) is 0 Å². The van der Waals surface area contributed by atoms with Crippen LogP contribution in [0.2, 0.25) is 0 Å². The standard InChI is InChI=1S/C37H29As2N3O13/c38-32-25(43)7-4-21-31(22-5-8-26(44)33(39)35(22)55-34(21)32)20-3-1-18(13-23(20)37(51)52)36(50)40-19-2-6-24(42(15-29(46)47)16-30(48)49)27(14-19)54-17-28(45)41-9-11-53-12-10-41/h1-8,13-14,43H,9-12,15-17H2,(H,40,50)(H,46,47)(H,48,49)(H,51,52)/p-1. The summed E-state index contributed by atoms with van der Waals surface area (Å²) >= 11 is 4.24. The van der Waals surface area contributed by atoms with Crippen LogP contribution in [0.15, 0.2) is 69.9 Å². The third-order valence-electron chi connectivity index (χ3n) is 8.64. The van der Waals surface area contributed by atoms with E-state index in [4.69, 9.17) is 13.9 Å². The number of anilines is 2. The van der Waals surface area contributed by atoms with Gasteiger partial charge >= 0.3 is 217 Å². The first-order valence-electron chi connectivity index (χ1n) is 16.3. The normalized spacial score (nSPS) is 12.7. The molecule has 1 fully saturated rings. The zero-order valence-corrected chi connectivity index (χ0v) is 32.2. The van der Waals surface area contributed by atoms with E-state index in [-0.39, 0.29) is 65.0 Å². The van der Waals surface area contributed by atoms with Crippen molar-refractivity contribution in [1.82, 2.24) is 4.90 Å². The Balaban J connectivity index is 1.37. The number of amides is 2. The summed E-state index contributed by atoms with van der Waals surface area (Å²) in [4.78, 5) is 77.6. The van der Waals surface area contributed by atoms with Crippen molar-refractivity contribution in [2.75, 3.05) is 56.2 Å². The number of rotatable bonds is 12. The van der Waals surface area contributed by atoms with E-state index in [1.807, 2.05) is 0 Å². The van der Waals surface area contributed by atoms with E-state index in [9.17, 15) is 49.2 Å². The third kappa shape index (κ3) is 8.31. The van der Waals surface area contributed by atoms with Gasteiger partial charge in [0.05, 0.1) is 18.9 Å². The minimum absolute atomic E-state index is 0.0282. The van der Waals surface area contributed by atoms with Crippen LogP contribution in [0.1, 0.15) is 20.7 Å². The molecule has 4 radical (unpaired) electrons. The molecule has 2 aliphatic heterocycles. The molecule has 3 aromatic carbocycles. The fourth-order valence-electron chi connectivity index (χ4n) is 6.09. The van der Waals surface area contributed by atoms with Gasteiger partial charge in [-0.15, -0.1) is 0 Å². The Bertz CT molecular complexity index is 2390. The second-order valence-corrected chi connectivity index (χ2v) is 14.1. The summed E-state index contributed by atoms with van der Waals surface area (Å²) in [6, 6.07) is 13.6. The summed E-state index contributed by atoms with van der Waals surface area (Å²) in [5.41, 5.74) is 0.491. The fraction of sp³-hybridized carbons (Fsp3) is 0.189. The van der Waals surface area contributed by atoms with E-state index in [2.05, 4.69) is 39.0 Å². The predicted molar refractivity (Wildman–Crippen MR) is 196 cm³/mol. The summed E-state index contributed by atoms with van der Waals surface area (Å²) in [7, 11) is 0. The summed E-state index contributed by atoms with van der Waals surface area (Å²) in [5.74, 6) is -5.49. The topological polar surface area (TPSA) is 236 Å². The molecule has 4 N–H and O–H groups in total. The molecule has 3 aliphatic rings. The van der Waals surface area contributed by atoms with E-state index in [1.54, 1.807) is 0 Å². The Morgan fingerprint density at radius 1 is 0.873 bits per heavy atom. The Morgan fingerprint density at radius 3 is 2.24 bits per heavy atom. The molecule has 0 unspecified atom stereocenters. The average Bonchev–Trinajstić information content (AvgIpc) is 3.15. The SMILES string of the molecule is O=C(O)CN(CC(=O)O)c1ccc(NC(=O)c2ccc(-c3c4ccc(=O)c([As])c-4oc4c([As])c([O-])ccc34)c(C(=O)O)c2)cc1OCC(=O)N1CCOCC1. The average molecular weight is 872 g/mol. The molecular formula is C37H28As2N3O13-. The number of benzene rings is 4. The fourth-order valence-corrected chi connectivity index (χ4v) is 7.10. The quantitative estimate of drug-likeness (QED) is 0.0982. The molecule has 1 aliphatic carbocycles. The van der Waals surface area contributed by atoms with E-state index in [0.29, 0.717) is 42.8 Å². The molecule has 16 nitrogen and oxygen atoms in total. The molecule has 6 rings (SSSR count). The summed E-state index contributed by atoms with van der Waals surface area (Å²) in [6.07, 6.45) is 0. The number of carboxylic acids is 3. The first kappa shape index (κ1) is 38.9. The number of carboxylic acid groups (broad SMARTS) is 3. The number of hydrogen-bond acceptors (Lipinski definition) is 11. The van der Waals surface area contributed by atoms with Crippen molar-refractivity contribution in [1.29, 1.82) is 0 Å². The zero-order valence-electron chi connectivity index (χ0n) is 28.4. The molecule has 0 spiro atoms. The van der Waals surface area contributed by atoms with Gasteiger partial charge in [-0.2, -0.15) is 0 Å². The minimum Gasteiger partial charge on any atom is -0.482 e. The maximum absolute atomic E-state index is 13.6. The number of hydrogen-bond donors (Lipinski definition) is 4. The molecule has 0 bridgehead atoms. The first-order valence-corrected chi connectivity index (χ1v) is 18.2. The van der Waals surface area contributed by atoms with Gasteiger partial charge in [0.2, 0.25) is 0 Å². The second-order valence-electron chi connectivity index (χ2n) is 12.2. The number of ether oxygens (including phenoxy) is 2. The van der Waals surface area contributed by atoms with Crippen LogP contribution in [0.3, 0.4) is 0 Å². The summed E-state index contributed by atoms with van der Waals surface area (Å²) in [5, 5.41) is 44.9. The predicted octanol–water partition coefficient (Wildman–Crippen LogP) is 0.390. The van der Waals surface area contributed by atoms with Crippen LogP contribution < -0.4 is 34.2 Å². The number of fused-ring (bicyclic) bond motifs is 2. The van der Waals surface area contributed by atoms with Gasteiger partial charge < -0.3 is 29.5 Å². The number of nitrogens with one attached hydrogen (secondary N) is 1. The van der Waals surface area contributed by atoms with Crippen molar-refractivity contribution < 1.29 is 58.3 Å². The van der Waals surface area contributed by atoms with Gasteiger partial charge in [0.25, 0.3) is 5.91 Å². The maximum atomic E-state index is 13.6. The van der Waals surface area contributed by atoms with E-state index in [1.165, 1.54) is 65.6 Å². The number of carbonyl (C=O) groups is 5. The molecule has 1 saturated heterocycles. The molecule has 0 aromatic heterocycles. The van der Waals surface area contributed by atoms with E-state index >= 15 is 0 Å². The molecule has 2 amide bonds. The molecule has 18 heteroatoms. The number of aromatic carboxylic acids is 1. The van der Waals surface area contributed by atoms with Gasteiger partial charge in [0.1, 0.15) is 18.8 Å². The van der Waals surface area contributed by atoms with Gasteiger partial charge in [-0.05, 0) is 6.07 Å². The third-order valence-corrected chi connectivity index (χ3v) is 10.4. The van der Waals surface area contributed by atoms with Crippen LogP contribution in [-0.4, -0.2) is 130 Å². The van der Waals surface area contributed by atoms with Crippen LogP contribution in [0, 0.1) is 0 Å². The summed E-state index contributed by atoms with van der Waals surface area (Å²) in [6.45, 7) is -0.582. The van der Waals surface area contributed by atoms with Gasteiger partial charge in [-0.3, -0.25) is 14.4 Å². The molecule has 55 heavy (non-hydrogen) atoms. The van der Waals surface area contributed by atoms with Crippen molar-refractivity contribution in [2.45, 2.75) is 0 Å². The van der Waals surface area contributed by atoms with Crippen LogP contribution in [0.25, 0.3) is 33.4 Å². The molecule has 2 heterocycles.